The topological polar surface area (TPSA) is 57.7 Å². The van der Waals surface area contributed by atoms with E-state index >= 15 is 0 Å². The molecule has 0 N–H and O–H groups in total. The summed E-state index contributed by atoms with van der Waals surface area (Å²) in [5.74, 6) is -3.42. The van der Waals surface area contributed by atoms with Crippen molar-refractivity contribution in [3.63, 3.8) is 0 Å². The van der Waals surface area contributed by atoms with Crippen LogP contribution >= 0.6 is 23.2 Å². The van der Waals surface area contributed by atoms with Gasteiger partial charge < -0.3 is 0 Å². The van der Waals surface area contributed by atoms with Crippen molar-refractivity contribution in [2.24, 2.45) is 0 Å². The maximum atomic E-state index is 14.0. The van der Waals surface area contributed by atoms with Crippen LogP contribution in [0.15, 0.2) is 12.1 Å². The van der Waals surface area contributed by atoms with Crippen molar-refractivity contribution in [1.29, 1.82) is 0 Å². The standard InChI is InChI=1S/C22H27Cl2F5N2O3S/c1-2-35(33,34)31-11-9-30(10-12-31)20(5-7-21(25,26)8-6-20)4-3-18(32)19-16(23)13-15(14-17(19)24)22(27,28)29/h13-14H,2-12H2,1H3. The molecule has 1 aromatic carbocycles. The Labute approximate surface area is 211 Å². The Morgan fingerprint density at radius 2 is 1.51 bits per heavy atom. The minimum Gasteiger partial charge on any atom is -0.295 e. The van der Waals surface area contributed by atoms with E-state index in [1.807, 2.05) is 4.90 Å². The fraction of sp³-hybridized carbons (Fsp3) is 0.682. The zero-order valence-electron chi connectivity index (χ0n) is 19.1. The van der Waals surface area contributed by atoms with E-state index in [9.17, 15) is 35.2 Å². The van der Waals surface area contributed by atoms with Crippen LogP contribution in [0, 0.1) is 0 Å². The van der Waals surface area contributed by atoms with Gasteiger partial charge in [-0.2, -0.15) is 17.5 Å². The minimum absolute atomic E-state index is 0.0342. The molecule has 5 nitrogen and oxygen atoms in total. The molecule has 1 aromatic rings. The number of benzene rings is 1. The first kappa shape index (κ1) is 28.6. The van der Waals surface area contributed by atoms with Crippen LogP contribution in [0.5, 0.6) is 0 Å². The molecular weight excluding hydrogens is 538 g/mol. The molecule has 2 fully saturated rings. The number of nitrogens with zero attached hydrogens (tertiary/aromatic N) is 2. The molecule has 1 saturated carbocycles. The number of hydrogen-bond donors (Lipinski definition) is 0. The van der Waals surface area contributed by atoms with E-state index in [0.717, 1.165) is 0 Å². The van der Waals surface area contributed by atoms with Gasteiger partial charge in [-0.1, -0.05) is 23.2 Å². The lowest BCUT2D eigenvalue weighted by Gasteiger charge is -2.51. The molecule has 0 radical (unpaired) electrons. The highest BCUT2D eigenvalue weighted by Gasteiger charge is 2.47. The molecular formula is C22H27Cl2F5N2O3S. The summed E-state index contributed by atoms with van der Waals surface area (Å²) in [6.45, 7) is 2.66. The molecule has 3 rings (SSSR count). The summed E-state index contributed by atoms with van der Waals surface area (Å²) in [5, 5.41) is -0.838. The van der Waals surface area contributed by atoms with Gasteiger partial charge in [-0.25, -0.2) is 17.2 Å². The fourth-order valence-electron chi connectivity index (χ4n) is 4.90. The van der Waals surface area contributed by atoms with Gasteiger partial charge in [-0.15, -0.1) is 0 Å². The molecule has 0 spiro atoms. The first-order chi connectivity index (χ1) is 16.1. The van der Waals surface area contributed by atoms with Gasteiger partial charge in [0.25, 0.3) is 0 Å². The van der Waals surface area contributed by atoms with E-state index in [-0.39, 0.29) is 62.9 Å². The van der Waals surface area contributed by atoms with Crippen LogP contribution in [-0.2, 0) is 16.2 Å². The molecule has 0 bridgehead atoms. The number of hydrogen-bond acceptors (Lipinski definition) is 4. The molecule has 13 heteroatoms. The van der Waals surface area contributed by atoms with Crippen LogP contribution in [0.3, 0.4) is 0 Å². The second kappa shape index (κ2) is 10.4. The Kier molecular flexibility index (Phi) is 8.48. The van der Waals surface area contributed by atoms with E-state index in [1.54, 1.807) is 6.92 Å². The third-order valence-corrected chi connectivity index (χ3v) is 9.52. The number of ketones is 1. The van der Waals surface area contributed by atoms with Crippen molar-refractivity contribution in [3.8, 4) is 0 Å². The lowest BCUT2D eigenvalue weighted by atomic mass is 9.74. The van der Waals surface area contributed by atoms with Crippen molar-refractivity contribution in [2.45, 2.75) is 63.1 Å². The largest absolute Gasteiger partial charge is 0.416 e. The van der Waals surface area contributed by atoms with E-state index in [2.05, 4.69) is 0 Å². The maximum absolute atomic E-state index is 14.0. The molecule has 0 amide bonds. The molecule has 1 aliphatic heterocycles. The number of Topliss-reactive ketones (excluding diaryl/α,β-unsaturated/α-hetero) is 1. The average Bonchev–Trinajstić information content (AvgIpc) is 2.78. The number of carbonyl (C=O) groups is 1. The summed E-state index contributed by atoms with van der Waals surface area (Å²) < 4.78 is 92.7. The first-order valence-electron chi connectivity index (χ1n) is 11.3. The van der Waals surface area contributed by atoms with Gasteiger partial charge in [-0.3, -0.25) is 9.69 Å². The van der Waals surface area contributed by atoms with Gasteiger partial charge in [0.15, 0.2) is 5.78 Å². The average molecular weight is 565 g/mol. The van der Waals surface area contributed by atoms with Crippen molar-refractivity contribution in [1.82, 2.24) is 9.21 Å². The fourth-order valence-corrected chi connectivity index (χ4v) is 6.69. The van der Waals surface area contributed by atoms with Gasteiger partial charge in [0.1, 0.15) is 0 Å². The zero-order valence-corrected chi connectivity index (χ0v) is 21.4. The Hall–Kier alpha value is -1.01. The summed E-state index contributed by atoms with van der Waals surface area (Å²) in [7, 11) is -3.38. The summed E-state index contributed by atoms with van der Waals surface area (Å²) >= 11 is 11.9. The molecule has 2 aliphatic rings. The van der Waals surface area contributed by atoms with Crippen molar-refractivity contribution in [3.05, 3.63) is 33.3 Å². The predicted octanol–water partition coefficient (Wildman–Crippen LogP) is 5.89. The number of piperazine rings is 1. The third kappa shape index (κ3) is 6.47. The molecule has 1 heterocycles. The number of carbonyl (C=O) groups excluding carboxylic acids is 1. The van der Waals surface area contributed by atoms with Crippen molar-refractivity contribution in [2.75, 3.05) is 31.9 Å². The highest BCUT2D eigenvalue weighted by atomic mass is 35.5. The Morgan fingerprint density at radius 3 is 1.97 bits per heavy atom. The van der Waals surface area contributed by atoms with E-state index < -0.39 is 49.1 Å². The highest BCUT2D eigenvalue weighted by Crippen LogP contribution is 2.45. The van der Waals surface area contributed by atoms with Crippen LogP contribution < -0.4 is 0 Å². The lowest BCUT2D eigenvalue weighted by molar-refractivity contribution is -0.137. The molecule has 0 aromatic heterocycles. The van der Waals surface area contributed by atoms with Crippen LogP contribution in [0.2, 0.25) is 10.0 Å². The van der Waals surface area contributed by atoms with E-state index in [1.165, 1.54) is 4.31 Å². The monoisotopic (exact) mass is 564 g/mol. The number of alkyl halides is 5. The highest BCUT2D eigenvalue weighted by molar-refractivity contribution is 7.89. The summed E-state index contributed by atoms with van der Waals surface area (Å²) in [6, 6.07) is 1.29. The van der Waals surface area contributed by atoms with Gasteiger partial charge >= 0.3 is 6.18 Å². The summed E-state index contributed by atoms with van der Waals surface area (Å²) in [5.41, 5.74) is -2.06. The quantitative estimate of drug-likeness (QED) is 0.306. The van der Waals surface area contributed by atoms with Gasteiger partial charge in [-0.05, 0) is 38.3 Å². The van der Waals surface area contributed by atoms with Crippen LogP contribution in [0.25, 0.3) is 0 Å². The van der Waals surface area contributed by atoms with Crippen molar-refractivity contribution >= 4 is 39.0 Å². The van der Waals surface area contributed by atoms with Gasteiger partial charge in [0.2, 0.25) is 15.9 Å². The molecule has 0 unspecified atom stereocenters. The van der Waals surface area contributed by atoms with Crippen LogP contribution in [-0.4, -0.2) is 66.8 Å². The number of halogens is 7. The zero-order chi connectivity index (χ0) is 26.2. The lowest BCUT2D eigenvalue weighted by Crippen LogP contribution is -2.60. The molecule has 0 atom stereocenters. The predicted molar refractivity (Wildman–Crippen MR) is 124 cm³/mol. The molecule has 35 heavy (non-hydrogen) atoms. The Balaban J connectivity index is 1.78. The van der Waals surface area contributed by atoms with Crippen LogP contribution in [0.4, 0.5) is 22.0 Å². The Morgan fingerprint density at radius 1 is 1.00 bits per heavy atom. The normalized spacial score (nSPS) is 21.7. The summed E-state index contributed by atoms with van der Waals surface area (Å²) in [6.07, 6.45) is -5.16. The molecule has 198 valence electrons. The van der Waals surface area contributed by atoms with Crippen molar-refractivity contribution < 1.29 is 35.2 Å². The second-order valence-electron chi connectivity index (χ2n) is 9.10. The second-order valence-corrected chi connectivity index (χ2v) is 12.2. The smallest absolute Gasteiger partial charge is 0.295 e. The van der Waals surface area contributed by atoms with E-state index in [4.69, 9.17) is 23.2 Å². The van der Waals surface area contributed by atoms with E-state index in [0.29, 0.717) is 25.2 Å². The maximum Gasteiger partial charge on any atom is 0.416 e. The first-order valence-corrected chi connectivity index (χ1v) is 13.7. The van der Waals surface area contributed by atoms with Gasteiger partial charge in [0, 0.05) is 51.0 Å². The third-order valence-electron chi connectivity index (χ3n) is 7.05. The SMILES string of the molecule is CCS(=O)(=O)N1CCN(C2(CCC(=O)c3c(Cl)cc(C(F)(F)F)cc3Cl)CCC(F)(F)CC2)CC1. The minimum atomic E-state index is -4.68. The number of sulfonamides is 1. The molecule has 1 saturated heterocycles. The number of rotatable bonds is 7. The Bertz CT molecular complexity index is 1020. The van der Waals surface area contributed by atoms with Gasteiger partial charge in [0.05, 0.1) is 26.9 Å². The summed E-state index contributed by atoms with van der Waals surface area (Å²) in [4.78, 5) is 14.9. The van der Waals surface area contributed by atoms with Crippen LogP contribution in [0.1, 0.15) is 61.4 Å². The molecule has 1 aliphatic carbocycles.